The van der Waals surface area contributed by atoms with E-state index in [1.54, 1.807) is 0 Å². The molecule has 1 aliphatic carbocycles. The van der Waals surface area contributed by atoms with Crippen LogP contribution in [0.25, 0.3) is 0 Å². The van der Waals surface area contributed by atoms with Crippen molar-refractivity contribution < 1.29 is 45.3 Å². The van der Waals surface area contributed by atoms with Gasteiger partial charge in [0.25, 0.3) is 0 Å². The summed E-state index contributed by atoms with van der Waals surface area (Å²) in [4.78, 5) is 11.7. The molecule has 0 aliphatic heterocycles. The van der Waals surface area contributed by atoms with E-state index in [-0.39, 0.29) is 17.8 Å². The van der Waals surface area contributed by atoms with Gasteiger partial charge in [-0.1, -0.05) is 0 Å². The second-order valence-corrected chi connectivity index (χ2v) is 4.90. The Balaban J connectivity index is 2.50. The fraction of sp³-hybridized carbons (Fsp3) is 0.615. The van der Waals surface area contributed by atoms with Crippen molar-refractivity contribution in [3.63, 3.8) is 0 Å². The molecule has 0 amide bonds. The minimum Gasteiger partial charge on any atom is -0.510 e. The zero-order valence-electron chi connectivity index (χ0n) is 11.6. The fourth-order valence-electron chi connectivity index (χ4n) is 1.74. The number of allylic oxidation sites excluding steroid dienone is 2. The molecule has 9 nitrogen and oxygen atoms in total. The summed E-state index contributed by atoms with van der Waals surface area (Å²) >= 11 is 0. The number of rotatable bonds is 7. The first kappa shape index (κ1) is 18.6. The number of esters is 1. The Labute approximate surface area is 126 Å². The van der Waals surface area contributed by atoms with Crippen LogP contribution in [0.5, 0.6) is 0 Å². The van der Waals surface area contributed by atoms with Gasteiger partial charge >= 0.3 is 5.97 Å². The van der Waals surface area contributed by atoms with E-state index in [9.17, 15) is 30.3 Å². The van der Waals surface area contributed by atoms with Crippen LogP contribution in [0, 0.1) is 0 Å². The van der Waals surface area contributed by atoms with E-state index in [0.717, 1.165) is 6.08 Å². The van der Waals surface area contributed by atoms with Crippen LogP contribution in [0.1, 0.15) is 6.42 Å². The summed E-state index contributed by atoms with van der Waals surface area (Å²) in [5.74, 6) is -1.15. The first-order chi connectivity index (χ1) is 10.3. The number of aliphatic hydroxyl groups excluding tert-OH is 7. The number of aliphatic hydroxyl groups is 7. The molecule has 0 saturated heterocycles. The summed E-state index contributed by atoms with van der Waals surface area (Å²) in [5.41, 5.74) is 0.0583. The third-order valence-electron chi connectivity index (χ3n) is 3.18. The quantitative estimate of drug-likeness (QED) is 0.243. The highest BCUT2D eigenvalue weighted by Gasteiger charge is 2.31. The lowest BCUT2D eigenvalue weighted by Gasteiger charge is -2.25. The highest BCUT2D eigenvalue weighted by Crippen LogP contribution is 2.18. The Bertz CT molecular complexity index is 445. The van der Waals surface area contributed by atoms with E-state index in [1.165, 1.54) is 6.08 Å². The molecule has 0 fully saturated rings. The molecule has 22 heavy (non-hydrogen) atoms. The average molecular weight is 320 g/mol. The standard InChI is InChI=1S/C13H20O9/c14-4-9(17)11(19)12(20)10(18)5-22-13(21)6-1-2-7(15)8(16)3-6/h1-2,8-12,14-20H,3-5H2. The summed E-state index contributed by atoms with van der Waals surface area (Å²) in [5, 5.41) is 64.8. The molecule has 0 radical (unpaired) electrons. The van der Waals surface area contributed by atoms with Gasteiger partial charge in [0.1, 0.15) is 42.9 Å². The predicted octanol–water partition coefficient (Wildman–Crippen LogP) is -2.90. The van der Waals surface area contributed by atoms with Gasteiger partial charge in [0.15, 0.2) is 0 Å². The summed E-state index contributed by atoms with van der Waals surface area (Å²) in [6.45, 7) is -1.48. The fourth-order valence-corrected chi connectivity index (χ4v) is 1.74. The van der Waals surface area contributed by atoms with Gasteiger partial charge in [-0.3, -0.25) is 0 Å². The molecule has 0 aromatic rings. The number of ether oxygens (including phenoxy) is 1. The third-order valence-corrected chi connectivity index (χ3v) is 3.18. The first-order valence-electron chi connectivity index (χ1n) is 6.56. The Hall–Kier alpha value is -1.49. The maximum atomic E-state index is 11.7. The van der Waals surface area contributed by atoms with Crippen molar-refractivity contribution in [1.82, 2.24) is 0 Å². The van der Waals surface area contributed by atoms with Crippen LogP contribution in [-0.4, -0.2) is 85.4 Å². The topological polar surface area (TPSA) is 168 Å². The molecule has 0 heterocycles. The molecule has 5 unspecified atom stereocenters. The SMILES string of the molecule is O=C(OCC(O)C(O)C(O)C(O)CO)C1=CC=C(O)C(O)C1. The van der Waals surface area contributed by atoms with Crippen LogP contribution in [0.3, 0.4) is 0 Å². The Morgan fingerprint density at radius 2 is 1.77 bits per heavy atom. The van der Waals surface area contributed by atoms with E-state index in [2.05, 4.69) is 0 Å². The van der Waals surface area contributed by atoms with Crippen molar-refractivity contribution in [2.24, 2.45) is 0 Å². The molecule has 5 atom stereocenters. The van der Waals surface area contributed by atoms with Crippen molar-refractivity contribution in [2.45, 2.75) is 36.9 Å². The van der Waals surface area contributed by atoms with Crippen molar-refractivity contribution in [2.75, 3.05) is 13.2 Å². The van der Waals surface area contributed by atoms with Crippen LogP contribution >= 0.6 is 0 Å². The normalized spacial score (nSPS) is 23.8. The molecule has 1 aliphatic rings. The lowest BCUT2D eigenvalue weighted by atomic mass is 10.0. The average Bonchev–Trinajstić information content (AvgIpc) is 2.52. The van der Waals surface area contributed by atoms with Gasteiger partial charge in [0, 0.05) is 12.0 Å². The summed E-state index contributed by atoms with van der Waals surface area (Å²) in [6.07, 6.45) is -5.97. The molecule has 1 rings (SSSR count). The van der Waals surface area contributed by atoms with Crippen molar-refractivity contribution in [3.8, 4) is 0 Å². The Morgan fingerprint density at radius 1 is 1.18 bits per heavy atom. The maximum absolute atomic E-state index is 11.7. The van der Waals surface area contributed by atoms with E-state index in [0.29, 0.717) is 0 Å². The summed E-state index contributed by atoms with van der Waals surface area (Å²) in [6, 6.07) is 0. The van der Waals surface area contributed by atoms with Gasteiger partial charge in [-0.15, -0.1) is 0 Å². The molecule has 126 valence electrons. The van der Waals surface area contributed by atoms with E-state index >= 15 is 0 Å². The molecule has 0 saturated carbocycles. The van der Waals surface area contributed by atoms with Crippen LogP contribution in [0.4, 0.5) is 0 Å². The zero-order chi connectivity index (χ0) is 16.9. The van der Waals surface area contributed by atoms with E-state index < -0.39 is 49.7 Å². The van der Waals surface area contributed by atoms with Gasteiger partial charge in [-0.2, -0.15) is 0 Å². The van der Waals surface area contributed by atoms with Crippen molar-refractivity contribution in [1.29, 1.82) is 0 Å². The zero-order valence-corrected chi connectivity index (χ0v) is 11.6. The second kappa shape index (κ2) is 8.22. The molecule has 9 heteroatoms. The third kappa shape index (κ3) is 4.77. The van der Waals surface area contributed by atoms with E-state index in [1.807, 2.05) is 0 Å². The van der Waals surface area contributed by atoms with E-state index in [4.69, 9.17) is 14.9 Å². The lowest BCUT2D eigenvalue weighted by Crippen LogP contribution is -2.47. The highest BCUT2D eigenvalue weighted by atomic mass is 16.5. The number of hydrogen-bond donors (Lipinski definition) is 7. The minimum absolute atomic E-state index is 0.0583. The first-order valence-corrected chi connectivity index (χ1v) is 6.56. The molecular formula is C13H20O9. The molecule has 7 N–H and O–H groups in total. The number of carbonyl (C=O) groups is 1. The van der Waals surface area contributed by atoms with Gasteiger partial charge in [0.05, 0.1) is 6.61 Å². The molecular weight excluding hydrogens is 300 g/mol. The predicted molar refractivity (Wildman–Crippen MR) is 71.5 cm³/mol. The van der Waals surface area contributed by atoms with Gasteiger partial charge in [-0.05, 0) is 12.2 Å². The summed E-state index contributed by atoms with van der Waals surface area (Å²) < 4.78 is 4.72. The van der Waals surface area contributed by atoms with Crippen LogP contribution in [0.2, 0.25) is 0 Å². The largest absolute Gasteiger partial charge is 0.510 e. The van der Waals surface area contributed by atoms with Crippen molar-refractivity contribution in [3.05, 3.63) is 23.5 Å². The minimum atomic E-state index is -1.83. The Morgan fingerprint density at radius 3 is 2.32 bits per heavy atom. The van der Waals surface area contributed by atoms with Gasteiger partial charge in [0.2, 0.25) is 0 Å². The van der Waals surface area contributed by atoms with Crippen LogP contribution in [0.15, 0.2) is 23.5 Å². The monoisotopic (exact) mass is 320 g/mol. The molecule has 0 aromatic carbocycles. The smallest absolute Gasteiger partial charge is 0.334 e. The van der Waals surface area contributed by atoms with Crippen LogP contribution < -0.4 is 0 Å². The van der Waals surface area contributed by atoms with Gasteiger partial charge in [-0.25, -0.2) is 4.79 Å². The molecule has 0 bridgehead atoms. The molecule has 0 spiro atoms. The lowest BCUT2D eigenvalue weighted by molar-refractivity contribution is -0.152. The Kier molecular flexibility index (Phi) is 6.94. The van der Waals surface area contributed by atoms with Crippen LogP contribution in [-0.2, 0) is 9.53 Å². The molecule has 0 aromatic heterocycles. The van der Waals surface area contributed by atoms with Gasteiger partial charge < -0.3 is 40.5 Å². The number of carbonyl (C=O) groups excluding carboxylic acids is 1. The number of hydrogen-bond acceptors (Lipinski definition) is 9. The van der Waals surface area contributed by atoms with Crippen molar-refractivity contribution >= 4 is 5.97 Å². The second-order valence-electron chi connectivity index (χ2n) is 4.90. The highest BCUT2D eigenvalue weighted by molar-refractivity contribution is 5.89. The summed E-state index contributed by atoms with van der Waals surface area (Å²) in [7, 11) is 0. The maximum Gasteiger partial charge on any atom is 0.334 e.